The number of thioether (sulfide) groups is 1. The van der Waals surface area contributed by atoms with Crippen LogP contribution in [0.25, 0.3) is 0 Å². The number of oxazole rings is 1. The Hall–Kier alpha value is -0.480. The van der Waals surface area contributed by atoms with Crippen LogP contribution in [0, 0.1) is 0 Å². The van der Waals surface area contributed by atoms with Crippen molar-refractivity contribution >= 4 is 11.8 Å². The molecule has 1 aliphatic rings. The van der Waals surface area contributed by atoms with Gasteiger partial charge in [0.2, 0.25) is 5.89 Å². The van der Waals surface area contributed by atoms with Gasteiger partial charge in [0.1, 0.15) is 5.76 Å². The molecule has 1 atom stereocenters. The third-order valence-corrected chi connectivity index (χ3v) is 3.52. The molecule has 0 amide bonds. The fraction of sp³-hybridized carbons (Fsp3) is 0.667. The highest BCUT2D eigenvalue weighted by Gasteiger charge is 2.19. The summed E-state index contributed by atoms with van der Waals surface area (Å²) in [5.74, 6) is 4.69. The van der Waals surface area contributed by atoms with Gasteiger partial charge >= 0.3 is 0 Å². The number of hydrogen-bond acceptors (Lipinski definition) is 4. The smallest absolute Gasteiger partial charge is 0.208 e. The fourth-order valence-electron chi connectivity index (χ4n) is 1.57. The van der Waals surface area contributed by atoms with Gasteiger partial charge in [-0.05, 0) is 18.6 Å². The molecule has 1 aliphatic heterocycles. The minimum Gasteiger partial charge on any atom is -0.444 e. The van der Waals surface area contributed by atoms with Crippen LogP contribution >= 0.6 is 11.8 Å². The highest BCUT2D eigenvalue weighted by atomic mass is 32.2. The van der Waals surface area contributed by atoms with Crippen LogP contribution in [0.15, 0.2) is 10.6 Å². The van der Waals surface area contributed by atoms with E-state index >= 15 is 0 Å². The standard InChI is InChI=1S/C9H14N2OS/c10-4-9-11-5-8(12-9)7-2-1-3-13-6-7/h5,7H,1-4,6,10H2. The van der Waals surface area contributed by atoms with Crippen molar-refractivity contribution < 1.29 is 4.42 Å². The van der Waals surface area contributed by atoms with Gasteiger partial charge < -0.3 is 10.2 Å². The number of nitrogens with two attached hydrogens (primary N) is 1. The van der Waals surface area contributed by atoms with Crippen molar-refractivity contribution in [2.45, 2.75) is 25.3 Å². The lowest BCUT2D eigenvalue weighted by molar-refractivity contribution is 0.423. The zero-order chi connectivity index (χ0) is 9.10. The molecule has 4 heteroatoms. The minimum absolute atomic E-state index is 0.403. The molecule has 0 spiro atoms. The largest absolute Gasteiger partial charge is 0.444 e. The summed E-state index contributed by atoms with van der Waals surface area (Å²) in [5, 5.41) is 0. The summed E-state index contributed by atoms with van der Waals surface area (Å²) in [5.41, 5.74) is 5.43. The second-order valence-electron chi connectivity index (χ2n) is 3.27. The van der Waals surface area contributed by atoms with Gasteiger partial charge in [-0.25, -0.2) is 4.98 Å². The maximum Gasteiger partial charge on any atom is 0.208 e. The lowest BCUT2D eigenvalue weighted by Gasteiger charge is -2.18. The van der Waals surface area contributed by atoms with Crippen LogP contribution in [-0.4, -0.2) is 16.5 Å². The van der Waals surface area contributed by atoms with E-state index < -0.39 is 0 Å². The Morgan fingerprint density at radius 3 is 3.23 bits per heavy atom. The van der Waals surface area contributed by atoms with Crippen LogP contribution in [0.2, 0.25) is 0 Å². The number of hydrogen-bond donors (Lipinski definition) is 1. The highest BCUT2D eigenvalue weighted by Crippen LogP contribution is 2.31. The quantitative estimate of drug-likeness (QED) is 0.786. The molecule has 0 aromatic carbocycles. The van der Waals surface area contributed by atoms with Gasteiger partial charge in [0.15, 0.2) is 0 Å². The molecule has 2 N–H and O–H groups in total. The normalized spacial score (nSPS) is 23.3. The van der Waals surface area contributed by atoms with Gasteiger partial charge in [-0.15, -0.1) is 0 Å². The monoisotopic (exact) mass is 198 g/mol. The Bertz CT molecular complexity index is 268. The predicted molar refractivity (Wildman–Crippen MR) is 53.7 cm³/mol. The first-order valence-corrected chi connectivity index (χ1v) is 5.78. The van der Waals surface area contributed by atoms with Crippen molar-refractivity contribution in [1.82, 2.24) is 4.98 Å². The predicted octanol–water partition coefficient (Wildman–Crippen LogP) is 1.74. The maximum absolute atomic E-state index is 5.52. The highest BCUT2D eigenvalue weighted by molar-refractivity contribution is 7.99. The molecule has 0 aliphatic carbocycles. The fourth-order valence-corrected chi connectivity index (χ4v) is 2.73. The molecular formula is C9H14N2OS. The summed E-state index contributed by atoms with van der Waals surface area (Å²) < 4.78 is 5.52. The molecule has 13 heavy (non-hydrogen) atoms. The zero-order valence-corrected chi connectivity index (χ0v) is 8.35. The second kappa shape index (κ2) is 4.15. The molecule has 0 saturated carbocycles. The zero-order valence-electron chi connectivity index (χ0n) is 7.53. The van der Waals surface area contributed by atoms with Crippen LogP contribution in [0.1, 0.15) is 30.4 Å². The van der Waals surface area contributed by atoms with E-state index in [1.165, 1.54) is 24.3 Å². The molecule has 0 radical (unpaired) electrons. The third-order valence-electron chi connectivity index (χ3n) is 2.31. The maximum atomic E-state index is 5.52. The molecule has 1 aromatic rings. The van der Waals surface area contributed by atoms with Crippen molar-refractivity contribution in [2.24, 2.45) is 5.73 Å². The SMILES string of the molecule is NCc1ncc(C2CCCSC2)o1. The van der Waals surface area contributed by atoms with E-state index in [2.05, 4.69) is 4.98 Å². The van der Waals surface area contributed by atoms with E-state index in [0.29, 0.717) is 18.4 Å². The van der Waals surface area contributed by atoms with E-state index in [0.717, 1.165) is 5.76 Å². The van der Waals surface area contributed by atoms with E-state index in [1.807, 2.05) is 18.0 Å². The molecule has 3 nitrogen and oxygen atoms in total. The van der Waals surface area contributed by atoms with Gasteiger partial charge in [-0.1, -0.05) is 0 Å². The van der Waals surface area contributed by atoms with Crippen LogP contribution in [0.4, 0.5) is 0 Å². The van der Waals surface area contributed by atoms with Gasteiger partial charge in [0.05, 0.1) is 12.7 Å². The molecule has 1 unspecified atom stereocenters. The lowest BCUT2D eigenvalue weighted by Crippen LogP contribution is -2.07. The second-order valence-corrected chi connectivity index (χ2v) is 4.42. The first-order chi connectivity index (χ1) is 6.40. The molecule has 2 rings (SSSR count). The third kappa shape index (κ3) is 2.06. The van der Waals surface area contributed by atoms with Crippen LogP contribution in [0.3, 0.4) is 0 Å². The molecule has 1 aromatic heterocycles. The van der Waals surface area contributed by atoms with Crippen LogP contribution in [0.5, 0.6) is 0 Å². The molecule has 0 bridgehead atoms. The van der Waals surface area contributed by atoms with Crippen molar-refractivity contribution in [3.8, 4) is 0 Å². The molecule has 1 fully saturated rings. The average molecular weight is 198 g/mol. The number of nitrogens with zero attached hydrogens (tertiary/aromatic N) is 1. The van der Waals surface area contributed by atoms with Gasteiger partial charge in [0.25, 0.3) is 0 Å². The lowest BCUT2D eigenvalue weighted by atomic mass is 10.0. The summed E-state index contributed by atoms with van der Waals surface area (Å²) in [6, 6.07) is 0. The van der Waals surface area contributed by atoms with E-state index in [1.54, 1.807) is 0 Å². The van der Waals surface area contributed by atoms with E-state index in [-0.39, 0.29) is 0 Å². The van der Waals surface area contributed by atoms with E-state index in [4.69, 9.17) is 10.2 Å². The number of rotatable bonds is 2. The van der Waals surface area contributed by atoms with Gasteiger partial charge in [0, 0.05) is 11.7 Å². The van der Waals surface area contributed by atoms with Crippen molar-refractivity contribution in [3.05, 3.63) is 17.8 Å². The first-order valence-electron chi connectivity index (χ1n) is 4.62. The number of aromatic nitrogens is 1. The average Bonchev–Trinajstić information content (AvgIpc) is 2.67. The molecule has 72 valence electrons. The van der Waals surface area contributed by atoms with Crippen LogP contribution in [-0.2, 0) is 6.54 Å². The Balaban J connectivity index is 2.05. The minimum atomic E-state index is 0.403. The molecule has 2 heterocycles. The summed E-state index contributed by atoms with van der Waals surface area (Å²) in [7, 11) is 0. The Kier molecular flexibility index (Phi) is 2.90. The summed E-state index contributed by atoms with van der Waals surface area (Å²) in [6.07, 6.45) is 4.35. The van der Waals surface area contributed by atoms with Gasteiger partial charge in [-0.3, -0.25) is 0 Å². The Morgan fingerprint density at radius 1 is 1.69 bits per heavy atom. The summed E-state index contributed by atoms with van der Waals surface area (Å²) in [6.45, 7) is 0.403. The van der Waals surface area contributed by atoms with Gasteiger partial charge in [-0.2, -0.15) is 11.8 Å². The van der Waals surface area contributed by atoms with Crippen molar-refractivity contribution in [2.75, 3.05) is 11.5 Å². The summed E-state index contributed by atoms with van der Waals surface area (Å²) in [4.78, 5) is 4.11. The Labute approximate surface area is 82.1 Å². The molecule has 1 saturated heterocycles. The Morgan fingerprint density at radius 2 is 2.62 bits per heavy atom. The van der Waals surface area contributed by atoms with E-state index in [9.17, 15) is 0 Å². The summed E-state index contributed by atoms with van der Waals surface area (Å²) >= 11 is 2.00. The molecular weight excluding hydrogens is 184 g/mol. The van der Waals surface area contributed by atoms with Crippen molar-refractivity contribution in [1.29, 1.82) is 0 Å². The topological polar surface area (TPSA) is 52.0 Å². The van der Waals surface area contributed by atoms with Crippen molar-refractivity contribution in [3.63, 3.8) is 0 Å². The van der Waals surface area contributed by atoms with Crippen LogP contribution < -0.4 is 5.73 Å². The first kappa shape index (κ1) is 9.09.